The predicted molar refractivity (Wildman–Crippen MR) is 80.9 cm³/mol. The van der Waals surface area contributed by atoms with Crippen molar-refractivity contribution in [3.05, 3.63) is 35.9 Å². The molecule has 108 valence electrons. The van der Waals surface area contributed by atoms with Crippen molar-refractivity contribution in [2.75, 3.05) is 12.3 Å². The summed E-state index contributed by atoms with van der Waals surface area (Å²) in [6.07, 6.45) is 2.75. The van der Waals surface area contributed by atoms with Crippen molar-refractivity contribution in [3.8, 4) is 0 Å². The third-order valence-electron chi connectivity index (χ3n) is 3.06. The van der Waals surface area contributed by atoms with Crippen LogP contribution in [0.5, 0.6) is 0 Å². The molecule has 3 nitrogen and oxygen atoms in total. The molecule has 0 aliphatic rings. The molecular weight excluding hydrogens is 258 g/mol. The van der Waals surface area contributed by atoms with Crippen LogP contribution in [0.15, 0.2) is 30.3 Å². The van der Waals surface area contributed by atoms with Crippen molar-refractivity contribution in [2.24, 2.45) is 0 Å². The Morgan fingerprint density at radius 1 is 1.21 bits per heavy atom. The van der Waals surface area contributed by atoms with Gasteiger partial charge in [-0.1, -0.05) is 37.3 Å². The Morgan fingerprint density at radius 2 is 1.89 bits per heavy atom. The first-order chi connectivity index (χ1) is 9.03. The summed E-state index contributed by atoms with van der Waals surface area (Å²) in [5.74, 6) is 0.435. The molecule has 0 aromatic heterocycles. The maximum Gasteiger partial charge on any atom is 0.154 e. The van der Waals surface area contributed by atoms with E-state index in [0.717, 1.165) is 31.4 Å². The van der Waals surface area contributed by atoms with Crippen LogP contribution in [0.2, 0.25) is 0 Å². The standard InChI is InChI=1S/C15H25NO2S/c1-3-11-16-14(2)8-7-12-19(17,18)13-15-9-5-4-6-10-15/h4-6,9-10,14,16H,3,7-8,11-13H2,1-2H3. The molecule has 0 radical (unpaired) electrons. The van der Waals surface area contributed by atoms with E-state index < -0.39 is 9.84 Å². The quantitative estimate of drug-likeness (QED) is 0.758. The highest BCUT2D eigenvalue weighted by atomic mass is 32.2. The molecule has 1 aromatic carbocycles. The van der Waals surface area contributed by atoms with Crippen LogP contribution in [0, 0.1) is 0 Å². The molecule has 0 saturated carbocycles. The Labute approximate surface area is 117 Å². The number of nitrogens with one attached hydrogen (secondary N) is 1. The normalized spacial score (nSPS) is 13.4. The highest BCUT2D eigenvalue weighted by Crippen LogP contribution is 2.09. The van der Waals surface area contributed by atoms with Gasteiger partial charge in [0.1, 0.15) is 0 Å². The van der Waals surface area contributed by atoms with Gasteiger partial charge in [-0.05, 0) is 38.3 Å². The fraction of sp³-hybridized carbons (Fsp3) is 0.600. The zero-order valence-corrected chi connectivity index (χ0v) is 12.7. The van der Waals surface area contributed by atoms with E-state index in [1.54, 1.807) is 0 Å². The molecule has 1 N–H and O–H groups in total. The zero-order chi connectivity index (χ0) is 14.1. The van der Waals surface area contributed by atoms with E-state index in [1.807, 2.05) is 30.3 Å². The van der Waals surface area contributed by atoms with Crippen molar-refractivity contribution in [3.63, 3.8) is 0 Å². The molecule has 1 rings (SSSR count). The van der Waals surface area contributed by atoms with E-state index in [-0.39, 0.29) is 11.5 Å². The number of sulfone groups is 1. The van der Waals surface area contributed by atoms with Crippen molar-refractivity contribution in [1.29, 1.82) is 0 Å². The summed E-state index contributed by atoms with van der Waals surface area (Å²) in [6, 6.07) is 9.78. The fourth-order valence-electron chi connectivity index (χ4n) is 2.00. The van der Waals surface area contributed by atoms with Gasteiger partial charge in [0.05, 0.1) is 11.5 Å². The topological polar surface area (TPSA) is 46.2 Å². The highest BCUT2D eigenvalue weighted by Gasteiger charge is 2.12. The van der Waals surface area contributed by atoms with E-state index in [4.69, 9.17) is 0 Å². The number of hydrogen-bond acceptors (Lipinski definition) is 3. The molecule has 4 heteroatoms. The van der Waals surface area contributed by atoms with Crippen molar-refractivity contribution >= 4 is 9.84 Å². The van der Waals surface area contributed by atoms with Crippen molar-refractivity contribution in [2.45, 2.75) is 44.9 Å². The Balaban J connectivity index is 2.31. The predicted octanol–water partition coefficient (Wildman–Crippen LogP) is 2.77. The van der Waals surface area contributed by atoms with Crippen LogP contribution >= 0.6 is 0 Å². The fourth-order valence-corrected chi connectivity index (χ4v) is 3.45. The summed E-state index contributed by atoms with van der Waals surface area (Å²) in [7, 11) is -2.98. The minimum absolute atomic E-state index is 0.157. The SMILES string of the molecule is CCCNC(C)CCCS(=O)(=O)Cc1ccccc1. The number of hydrogen-bond donors (Lipinski definition) is 1. The third kappa shape index (κ3) is 7.33. The minimum atomic E-state index is -2.98. The summed E-state index contributed by atoms with van der Waals surface area (Å²) in [5.41, 5.74) is 0.875. The molecule has 0 saturated heterocycles. The molecule has 0 spiro atoms. The van der Waals surface area contributed by atoms with Crippen molar-refractivity contribution in [1.82, 2.24) is 5.32 Å². The number of benzene rings is 1. The minimum Gasteiger partial charge on any atom is -0.314 e. The first kappa shape index (κ1) is 16.2. The lowest BCUT2D eigenvalue weighted by Crippen LogP contribution is -2.27. The average molecular weight is 283 g/mol. The summed E-state index contributed by atoms with van der Waals surface area (Å²) in [6.45, 7) is 5.24. The van der Waals surface area contributed by atoms with Gasteiger partial charge in [0.25, 0.3) is 0 Å². The first-order valence-corrected chi connectivity index (χ1v) is 8.83. The first-order valence-electron chi connectivity index (χ1n) is 7.01. The maximum absolute atomic E-state index is 12.0. The van der Waals surface area contributed by atoms with Gasteiger partial charge < -0.3 is 5.32 Å². The van der Waals surface area contributed by atoms with Gasteiger partial charge in [-0.25, -0.2) is 8.42 Å². The van der Waals surface area contributed by atoms with Crippen molar-refractivity contribution < 1.29 is 8.42 Å². The maximum atomic E-state index is 12.0. The molecular formula is C15H25NO2S. The van der Waals surface area contributed by atoms with E-state index in [0.29, 0.717) is 6.04 Å². The van der Waals surface area contributed by atoms with Gasteiger partial charge in [0.15, 0.2) is 9.84 Å². The molecule has 1 unspecified atom stereocenters. The Kier molecular flexibility index (Phi) is 7.10. The molecule has 0 heterocycles. The van der Waals surface area contributed by atoms with E-state index in [9.17, 15) is 8.42 Å². The molecule has 1 atom stereocenters. The Bertz CT molecular complexity index is 442. The molecule has 1 aromatic rings. The van der Waals surface area contributed by atoms with E-state index >= 15 is 0 Å². The molecule has 0 aliphatic carbocycles. The lowest BCUT2D eigenvalue weighted by Gasteiger charge is -2.12. The Morgan fingerprint density at radius 3 is 2.53 bits per heavy atom. The van der Waals surface area contributed by atoms with Crippen LogP contribution in [-0.4, -0.2) is 26.8 Å². The molecule has 0 bridgehead atoms. The van der Waals surface area contributed by atoms with E-state index in [2.05, 4.69) is 19.2 Å². The largest absolute Gasteiger partial charge is 0.314 e. The second-order valence-electron chi connectivity index (χ2n) is 5.08. The third-order valence-corrected chi connectivity index (χ3v) is 4.75. The number of rotatable bonds is 9. The van der Waals surface area contributed by atoms with Gasteiger partial charge in [-0.2, -0.15) is 0 Å². The lowest BCUT2D eigenvalue weighted by atomic mass is 10.2. The van der Waals surface area contributed by atoms with Gasteiger partial charge >= 0.3 is 0 Å². The lowest BCUT2D eigenvalue weighted by molar-refractivity contribution is 0.506. The van der Waals surface area contributed by atoms with Gasteiger partial charge in [-0.3, -0.25) is 0 Å². The monoisotopic (exact) mass is 283 g/mol. The highest BCUT2D eigenvalue weighted by molar-refractivity contribution is 7.90. The molecule has 0 amide bonds. The Hall–Kier alpha value is -0.870. The second-order valence-corrected chi connectivity index (χ2v) is 7.26. The molecule has 0 fully saturated rings. The zero-order valence-electron chi connectivity index (χ0n) is 11.9. The van der Waals surface area contributed by atoms with Crippen LogP contribution in [-0.2, 0) is 15.6 Å². The van der Waals surface area contributed by atoms with Crippen LogP contribution in [0.4, 0.5) is 0 Å². The van der Waals surface area contributed by atoms with Crippen LogP contribution in [0.25, 0.3) is 0 Å². The van der Waals surface area contributed by atoms with Crippen LogP contribution in [0.3, 0.4) is 0 Å². The summed E-state index contributed by atoms with van der Waals surface area (Å²) >= 11 is 0. The van der Waals surface area contributed by atoms with Gasteiger partial charge in [0.2, 0.25) is 0 Å². The van der Waals surface area contributed by atoms with Gasteiger partial charge in [0, 0.05) is 6.04 Å². The molecule has 19 heavy (non-hydrogen) atoms. The summed E-state index contributed by atoms with van der Waals surface area (Å²) < 4.78 is 24.0. The van der Waals surface area contributed by atoms with Gasteiger partial charge in [-0.15, -0.1) is 0 Å². The summed E-state index contributed by atoms with van der Waals surface area (Å²) in [4.78, 5) is 0. The summed E-state index contributed by atoms with van der Waals surface area (Å²) in [5, 5.41) is 3.37. The van der Waals surface area contributed by atoms with Crippen LogP contribution < -0.4 is 5.32 Å². The van der Waals surface area contributed by atoms with Crippen LogP contribution in [0.1, 0.15) is 38.7 Å². The average Bonchev–Trinajstić information content (AvgIpc) is 2.36. The smallest absolute Gasteiger partial charge is 0.154 e. The molecule has 0 aliphatic heterocycles. The second kappa shape index (κ2) is 8.33. The van der Waals surface area contributed by atoms with E-state index in [1.165, 1.54) is 0 Å².